The molecule has 1 fully saturated rings. The van der Waals surface area contributed by atoms with Crippen molar-refractivity contribution >= 4 is 13.8 Å². The Morgan fingerprint density at radius 3 is 2.54 bits per heavy atom. The number of phosphoric acid groups is 1. The zero-order valence-electron chi connectivity index (χ0n) is 11.7. The number of aliphatic hydroxyl groups excluding tert-OH is 2. The van der Waals surface area contributed by atoms with Gasteiger partial charge < -0.3 is 34.5 Å². The van der Waals surface area contributed by atoms with Gasteiger partial charge in [-0.2, -0.15) is 0 Å². The van der Waals surface area contributed by atoms with Crippen molar-refractivity contribution in [2.75, 3.05) is 6.61 Å². The summed E-state index contributed by atoms with van der Waals surface area (Å²) < 4.78 is 24.9. The van der Waals surface area contributed by atoms with Crippen molar-refractivity contribution in [1.82, 2.24) is 9.97 Å². The number of carbonyl (C=O) groups excluding carboxylic acids is 1. The van der Waals surface area contributed by atoms with E-state index >= 15 is 0 Å². The Kier molecular flexibility index (Phi) is 5.35. The summed E-state index contributed by atoms with van der Waals surface area (Å²) in [6.45, 7) is -0.752. The van der Waals surface area contributed by atoms with Crippen molar-refractivity contribution in [3.05, 3.63) is 32.6 Å². The lowest BCUT2D eigenvalue weighted by atomic mass is 10.1. The minimum atomic E-state index is -5.08. The topological polar surface area (TPSA) is 208 Å². The fourth-order valence-corrected chi connectivity index (χ4v) is 2.51. The van der Waals surface area contributed by atoms with Crippen LogP contribution < -0.4 is 11.2 Å². The van der Waals surface area contributed by atoms with Gasteiger partial charge in [-0.05, 0) is 0 Å². The van der Waals surface area contributed by atoms with Gasteiger partial charge in [-0.15, -0.1) is 0 Å². The van der Waals surface area contributed by atoms with Gasteiger partial charge in [-0.3, -0.25) is 14.3 Å². The molecule has 0 aliphatic carbocycles. The highest BCUT2D eigenvalue weighted by Crippen LogP contribution is 2.42. The molecule has 0 amide bonds. The Morgan fingerprint density at radius 1 is 1.33 bits per heavy atom. The van der Waals surface area contributed by atoms with E-state index in [1.807, 2.05) is 9.97 Å². The highest BCUT2D eigenvalue weighted by Gasteiger charge is 2.49. The van der Waals surface area contributed by atoms with Gasteiger partial charge in [0.2, 0.25) is 6.29 Å². The van der Waals surface area contributed by atoms with Crippen molar-refractivity contribution in [3.8, 4) is 0 Å². The van der Waals surface area contributed by atoms with Crippen LogP contribution in [0, 0.1) is 0 Å². The number of nitrogens with one attached hydrogen (secondary N) is 2. The monoisotopic (exact) mass is 368 g/mol. The molecule has 1 aliphatic heterocycles. The minimum absolute atomic E-state index is 0.566. The van der Waals surface area contributed by atoms with E-state index < -0.39 is 61.9 Å². The first-order chi connectivity index (χ1) is 11.1. The summed E-state index contributed by atoms with van der Waals surface area (Å²) in [5.41, 5.74) is -2.45. The molecule has 4 atom stereocenters. The maximum Gasteiger partial charge on any atom is 0.470 e. The number of esters is 1. The molecule has 2 rings (SSSR count). The molecule has 134 valence electrons. The van der Waals surface area contributed by atoms with Crippen LogP contribution in [0.2, 0.25) is 0 Å². The lowest BCUT2D eigenvalue weighted by Gasteiger charge is -2.20. The maximum absolute atomic E-state index is 11.9. The van der Waals surface area contributed by atoms with Crippen LogP contribution in [0.1, 0.15) is 10.5 Å². The summed E-state index contributed by atoms with van der Waals surface area (Å²) in [7, 11) is -5.08. The van der Waals surface area contributed by atoms with Crippen LogP contribution in [-0.2, 0) is 18.6 Å². The number of phosphoric ester groups is 1. The van der Waals surface area contributed by atoms with Gasteiger partial charge in [-0.1, -0.05) is 0 Å². The molecule has 1 saturated heterocycles. The SMILES string of the molecule is O=C(OC1O[C@H](CO)[C@@H](O)[C@H]1OP(=O)(O)O)c1cc(=O)[nH]c(=O)[nH]1. The molecule has 2 heterocycles. The van der Waals surface area contributed by atoms with Gasteiger partial charge in [0.1, 0.15) is 17.9 Å². The first-order valence-electron chi connectivity index (χ1n) is 6.33. The Morgan fingerprint density at radius 2 is 2.00 bits per heavy atom. The number of ether oxygens (including phenoxy) is 2. The van der Waals surface area contributed by atoms with Gasteiger partial charge in [-0.25, -0.2) is 14.2 Å². The molecule has 1 unspecified atom stereocenters. The number of aliphatic hydroxyl groups is 2. The smallest absolute Gasteiger partial charge is 0.428 e. The molecular formula is C10H13N2O11P. The standard InChI is InChI=1S/C10H13N2O11P/c13-2-4-6(15)7(23-24(18,19)20)9(21-4)22-8(16)3-1-5(14)12-10(17)11-3/h1,4,6-7,9,13,15H,2H2,(H2,18,19,20)(H2,11,12,14,17)/t4-,6-,7-,9?/m1/s1. The van der Waals surface area contributed by atoms with Crippen LogP contribution >= 0.6 is 7.82 Å². The predicted octanol–water partition coefficient (Wildman–Crippen LogP) is -3.22. The second-order valence-corrected chi connectivity index (χ2v) is 5.88. The highest BCUT2D eigenvalue weighted by atomic mass is 31.2. The van der Waals surface area contributed by atoms with Crippen molar-refractivity contribution in [2.24, 2.45) is 0 Å². The molecule has 14 heteroatoms. The largest absolute Gasteiger partial charge is 0.470 e. The third-order valence-electron chi connectivity index (χ3n) is 2.94. The summed E-state index contributed by atoms with van der Waals surface area (Å²) in [5.74, 6) is -1.28. The fraction of sp³-hybridized carbons (Fsp3) is 0.500. The number of carbonyl (C=O) groups is 1. The molecule has 1 aliphatic rings. The second-order valence-electron chi connectivity index (χ2n) is 4.68. The van der Waals surface area contributed by atoms with E-state index in [1.165, 1.54) is 0 Å². The number of aromatic nitrogens is 2. The van der Waals surface area contributed by atoms with E-state index in [0.717, 1.165) is 0 Å². The average Bonchev–Trinajstić information content (AvgIpc) is 2.73. The summed E-state index contributed by atoms with van der Waals surface area (Å²) in [6.07, 6.45) is -6.66. The Hall–Kier alpha value is -1.86. The summed E-state index contributed by atoms with van der Waals surface area (Å²) >= 11 is 0. The number of rotatable bonds is 5. The second kappa shape index (κ2) is 6.94. The van der Waals surface area contributed by atoms with Crippen LogP contribution in [0.3, 0.4) is 0 Å². The number of hydrogen-bond donors (Lipinski definition) is 6. The van der Waals surface area contributed by atoms with Crippen molar-refractivity contribution in [1.29, 1.82) is 0 Å². The predicted molar refractivity (Wildman–Crippen MR) is 71.8 cm³/mol. The zero-order valence-corrected chi connectivity index (χ0v) is 12.6. The molecule has 13 nitrogen and oxygen atoms in total. The molecule has 0 radical (unpaired) electrons. The van der Waals surface area contributed by atoms with Crippen molar-refractivity contribution in [2.45, 2.75) is 24.6 Å². The number of hydrogen-bond acceptors (Lipinski definition) is 9. The molecular weight excluding hydrogens is 355 g/mol. The van der Waals surface area contributed by atoms with Crippen LogP contribution in [0.25, 0.3) is 0 Å². The van der Waals surface area contributed by atoms with Crippen molar-refractivity contribution < 1.29 is 43.4 Å². The summed E-state index contributed by atoms with van der Waals surface area (Å²) in [6, 6.07) is 0.706. The first kappa shape index (κ1) is 18.5. The van der Waals surface area contributed by atoms with E-state index in [9.17, 15) is 24.1 Å². The molecule has 6 N–H and O–H groups in total. The Balaban J connectivity index is 2.21. The van der Waals surface area contributed by atoms with Gasteiger partial charge >= 0.3 is 19.5 Å². The van der Waals surface area contributed by atoms with Crippen LogP contribution in [-0.4, -0.2) is 67.1 Å². The van der Waals surface area contributed by atoms with Gasteiger partial charge in [0.15, 0.2) is 6.10 Å². The van der Waals surface area contributed by atoms with E-state index in [4.69, 9.17) is 24.4 Å². The third kappa shape index (κ3) is 4.36. The molecule has 0 saturated carbocycles. The molecule has 0 bridgehead atoms. The lowest BCUT2D eigenvalue weighted by Crippen LogP contribution is -2.37. The van der Waals surface area contributed by atoms with E-state index in [0.29, 0.717) is 6.07 Å². The molecule has 1 aromatic heterocycles. The fourth-order valence-electron chi connectivity index (χ4n) is 1.97. The molecule has 0 aromatic carbocycles. The third-order valence-corrected chi connectivity index (χ3v) is 3.46. The van der Waals surface area contributed by atoms with Gasteiger partial charge in [0.05, 0.1) is 6.61 Å². The minimum Gasteiger partial charge on any atom is -0.428 e. The zero-order chi connectivity index (χ0) is 18.1. The van der Waals surface area contributed by atoms with Gasteiger partial charge in [0, 0.05) is 6.07 Å². The van der Waals surface area contributed by atoms with Crippen LogP contribution in [0.5, 0.6) is 0 Å². The highest BCUT2D eigenvalue weighted by molar-refractivity contribution is 7.46. The summed E-state index contributed by atoms with van der Waals surface area (Å²) in [4.78, 5) is 55.6. The number of H-pyrrole nitrogens is 2. The average molecular weight is 368 g/mol. The lowest BCUT2D eigenvalue weighted by molar-refractivity contribution is -0.137. The normalized spacial score (nSPS) is 27.2. The van der Waals surface area contributed by atoms with Crippen molar-refractivity contribution in [3.63, 3.8) is 0 Å². The Labute approximate surface area is 132 Å². The van der Waals surface area contributed by atoms with Gasteiger partial charge in [0.25, 0.3) is 5.56 Å². The molecule has 24 heavy (non-hydrogen) atoms. The van der Waals surface area contributed by atoms with E-state index in [-0.39, 0.29) is 0 Å². The number of aromatic amines is 2. The molecule has 0 spiro atoms. The van der Waals surface area contributed by atoms with Crippen LogP contribution in [0.15, 0.2) is 15.7 Å². The first-order valence-corrected chi connectivity index (χ1v) is 7.86. The summed E-state index contributed by atoms with van der Waals surface area (Å²) in [5, 5.41) is 18.8. The van der Waals surface area contributed by atoms with E-state index in [2.05, 4.69) is 4.52 Å². The van der Waals surface area contributed by atoms with Crippen LogP contribution in [0.4, 0.5) is 0 Å². The molecule has 1 aromatic rings. The maximum atomic E-state index is 11.9. The van der Waals surface area contributed by atoms with E-state index in [1.54, 1.807) is 0 Å². The quantitative estimate of drug-likeness (QED) is 0.225. The Bertz CT molecular complexity index is 738.